The van der Waals surface area contributed by atoms with Gasteiger partial charge in [-0.25, -0.2) is 0 Å². The van der Waals surface area contributed by atoms with Gasteiger partial charge in [-0.05, 0) is 17.5 Å². The van der Waals surface area contributed by atoms with E-state index in [4.69, 9.17) is 0 Å². The fourth-order valence-electron chi connectivity index (χ4n) is 3.21. The molecule has 32 heavy (non-hydrogen) atoms. The summed E-state index contributed by atoms with van der Waals surface area (Å²) >= 11 is 0. The molecule has 4 rings (SSSR count). The van der Waals surface area contributed by atoms with Gasteiger partial charge in [-0.3, -0.25) is 14.7 Å². The molecule has 0 aliphatic heterocycles. The number of nitrogens with zero attached hydrogens (tertiary/aromatic N) is 3. The van der Waals surface area contributed by atoms with Crippen molar-refractivity contribution in [1.82, 2.24) is 0 Å². The first-order valence-electron chi connectivity index (χ1n) is 8.71. The van der Waals surface area contributed by atoms with Gasteiger partial charge in [0.05, 0.1) is 4.92 Å². The van der Waals surface area contributed by atoms with Crippen LogP contribution in [0.15, 0.2) is 75.8 Å². The Morgan fingerprint density at radius 2 is 1.59 bits per heavy atom. The normalized spacial score (nSPS) is 11.7. The third kappa shape index (κ3) is 4.29. The van der Waals surface area contributed by atoms with Crippen LogP contribution < -0.4 is 0 Å². The summed E-state index contributed by atoms with van der Waals surface area (Å²) in [5.41, 5.74) is -0.518. The van der Waals surface area contributed by atoms with Crippen molar-refractivity contribution in [1.29, 1.82) is 0 Å². The van der Waals surface area contributed by atoms with Crippen molar-refractivity contribution >= 4 is 78.3 Å². The molecule has 0 aliphatic rings. The Morgan fingerprint density at radius 1 is 0.875 bits per heavy atom. The zero-order chi connectivity index (χ0) is 22.3. The van der Waals surface area contributed by atoms with E-state index in [0.29, 0.717) is 5.39 Å². The van der Waals surface area contributed by atoms with E-state index in [9.17, 15) is 33.3 Å². The van der Waals surface area contributed by atoms with Gasteiger partial charge in [-0.2, -0.15) is 8.42 Å². The van der Waals surface area contributed by atoms with Crippen LogP contribution in [0.1, 0.15) is 0 Å². The molecule has 0 bridgehead atoms. The molecule has 0 aromatic heterocycles. The Bertz CT molecular complexity index is 1520. The third-order valence-corrected chi connectivity index (χ3v) is 5.55. The molecule has 0 amide bonds. The van der Waals surface area contributed by atoms with Crippen molar-refractivity contribution in [3.05, 3.63) is 70.8 Å². The zero-order valence-electron chi connectivity index (χ0n) is 15.5. The van der Waals surface area contributed by atoms with Crippen LogP contribution in [0.3, 0.4) is 0 Å². The van der Waals surface area contributed by atoms with Crippen LogP contribution in [-0.4, -0.2) is 57.7 Å². The maximum absolute atomic E-state index is 11.7. The van der Waals surface area contributed by atoms with Gasteiger partial charge in [-0.15, -0.1) is 10.2 Å². The first-order chi connectivity index (χ1) is 14.7. The maximum atomic E-state index is 11.7. The number of hydrogen-bond donors (Lipinski definition) is 3. The van der Waals surface area contributed by atoms with Crippen LogP contribution in [0.25, 0.3) is 21.5 Å². The van der Waals surface area contributed by atoms with E-state index in [1.807, 2.05) is 6.07 Å². The van der Waals surface area contributed by atoms with E-state index in [0.717, 1.165) is 23.6 Å². The van der Waals surface area contributed by atoms with Gasteiger partial charge in [0.25, 0.3) is 15.8 Å². The second-order valence-electron chi connectivity index (χ2n) is 6.56. The number of rotatable bonds is 4. The summed E-state index contributed by atoms with van der Waals surface area (Å²) in [7, 11) is -4.80. The minimum atomic E-state index is -4.80. The van der Waals surface area contributed by atoms with Crippen molar-refractivity contribution < 1.29 is 28.1 Å². The molecule has 0 unspecified atom stereocenters. The summed E-state index contributed by atoms with van der Waals surface area (Å²) in [4.78, 5) is 9.65. The molecule has 3 N–H and O–H groups in total. The van der Waals surface area contributed by atoms with E-state index in [1.165, 1.54) is 12.1 Å². The number of non-ortho nitro benzene ring substituents is 1. The van der Waals surface area contributed by atoms with E-state index in [2.05, 4.69) is 10.2 Å². The fourth-order valence-corrected chi connectivity index (χ4v) is 3.92. The first-order valence-corrected chi connectivity index (χ1v) is 10.1. The Hall–Kier alpha value is -3.09. The number of fused-ring (bicyclic) bond motifs is 2. The Morgan fingerprint density at radius 3 is 2.28 bits per heavy atom. The van der Waals surface area contributed by atoms with Gasteiger partial charge >= 0.3 is 29.6 Å². The van der Waals surface area contributed by atoms with Gasteiger partial charge in [0.15, 0.2) is 5.75 Å². The minimum absolute atomic E-state index is 0. The quantitative estimate of drug-likeness (QED) is 0.133. The summed E-state index contributed by atoms with van der Waals surface area (Å²) in [6.45, 7) is 0. The van der Waals surface area contributed by atoms with Crippen LogP contribution >= 0.6 is 0 Å². The topological polar surface area (TPSA) is 163 Å². The summed E-state index contributed by atoms with van der Waals surface area (Å²) in [5, 5.41) is 40.9. The van der Waals surface area contributed by atoms with Gasteiger partial charge in [-0.1, -0.05) is 30.3 Å². The SMILES string of the molecule is O=[N+]([O-])c1ccc2c(N=Nc3ccc4ccccc4c3O)c(O)cc(S(=O)(=O)O)c2c1.[NaH]. The van der Waals surface area contributed by atoms with E-state index in [1.54, 1.807) is 24.3 Å². The van der Waals surface area contributed by atoms with Crippen LogP contribution in [0.4, 0.5) is 17.1 Å². The fraction of sp³-hybridized carbons (Fsp3) is 0. The number of phenols is 2. The van der Waals surface area contributed by atoms with E-state index >= 15 is 0 Å². The molecule has 0 fully saturated rings. The number of nitro benzene ring substituents is 1. The monoisotopic (exact) mass is 463 g/mol. The van der Waals surface area contributed by atoms with Crippen LogP contribution in [0.2, 0.25) is 0 Å². The number of azo groups is 1. The average molecular weight is 463 g/mol. The first kappa shape index (κ1) is 23.6. The Balaban J connectivity index is 0.00000289. The molecule has 0 spiro atoms. The summed E-state index contributed by atoms with van der Waals surface area (Å²) in [6, 6.07) is 14.2. The van der Waals surface area contributed by atoms with Gasteiger partial charge < -0.3 is 10.2 Å². The summed E-state index contributed by atoms with van der Waals surface area (Å²) < 4.78 is 32.9. The molecular weight excluding hydrogens is 449 g/mol. The number of hydrogen-bond acceptors (Lipinski definition) is 8. The van der Waals surface area contributed by atoms with Crippen LogP contribution in [0.5, 0.6) is 11.5 Å². The third-order valence-electron chi connectivity index (χ3n) is 4.66. The molecule has 4 aromatic rings. The van der Waals surface area contributed by atoms with Gasteiger partial charge in [0.2, 0.25) is 0 Å². The molecule has 0 saturated carbocycles. The summed E-state index contributed by atoms with van der Waals surface area (Å²) in [5.74, 6) is -0.770. The molecule has 12 heteroatoms. The molecule has 0 atom stereocenters. The standard InChI is InChI=1S/C20H13N3O7S.Na.H/c24-17-10-18(31(28,29)30)15-9-12(23(26)27)6-7-14(15)19(17)22-21-16-8-5-11-3-1-2-4-13(11)20(16)25;;/h1-10,24-25H,(H,28,29,30);;. The molecule has 4 aromatic carbocycles. The van der Waals surface area contributed by atoms with E-state index < -0.39 is 31.4 Å². The second kappa shape index (κ2) is 8.81. The second-order valence-corrected chi connectivity index (χ2v) is 7.95. The zero-order valence-corrected chi connectivity index (χ0v) is 16.3. The van der Waals surface area contributed by atoms with Crippen molar-refractivity contribution in [3.63, 3.8) is 0 Å². The number of nitro groups is 1. The summed E-state index contributed by atoms with van der Waals surface area (Å²) in [6.07, 6.45) is 0. The number of aromatic hydroxyl groups is 2. The van der Waals surface area contributed by atoms with Crippen LogP contribution in [-0.2, 0) is 10.1 Å². The molecule has 10 nitrogen and oxygen atoms in total. The molecule has 0 saturated heterocycles. The molecule has 0 radical (unpaired) electrons. The Kier molecular flexibility index (Phi) is 6.49. The average Bonchev–Trinajstić information content (AvgIpc) is 2.73. The number of benzene rings is 4. The van der Waals surface area contributed by atoms with Crippen molar-refractivity contribution in [2.45, 2.75) is 4.90 Å². The van der Waals surface area contributed by atoms with Gasteiger partial charge in [0.1, 0.15) is 22.0 Å². The molecular formula is C20H14N3NaO7S. The molecule has 0 aliphatic carbocycles. The molecule has 158 valence electrons. The predicted octanol–water partition coefficient (Wildman–Crippen LogP) is 4.33. The van der Waals surface area contributed by atoms with Crippen LogP contribution in [0, 0.1) is 10.1 Å². The van der Waals surface area contributed by atoms with E-state index in [-0.39, 0.29) is 57.5 Å². The van der Waals surface area contributed by atoms with Gasteiger partial charge in [0, 0.05) is 34.4 Å². The predicted molar refractivity (Wildman–Crippen MR) is 119 cm³/mol. The Labute approximate surface area is 203 Å². The van der Waals surface area contributed by atoms with Crippen molar-refractivity contribution in [2.24, 2.45) is 10.2 Å². The van der Waals surface area contributed by atoms with Crippen molar-refractivity contribution in [3.8, 4) is 11.5 Å². The molecule has 0 heterocycles. The number of phenolic OH excluding ortho intramolecular Hbond substituents is 2. The van der Waals surface area contributed by atoms with Crippen molar-refractivity contribution in [2.75, 3.05) is 0 Å².